The maximum absolute atomic E-state index is 9.56. The Labute approximate surface area is 129 Å². The number of anilines is 1. The molecule has 1 heterocycles. The minimum atomic E-state index is -0.156. The first-order chi connectivity index (χ1) is 10.2. The minimum absolute atomic E-state index is 0.156. The second-order valence-corrected chi connectivity index (χ2v) is 5.80. The van der Waals surface area contributed by atoms with Crippen LogP contribution in [0.5, 0.6) is 0 Å². The zero-order valence-corrected chi connectivity index (χ0v) is 12.4. The van der Waals surface area contributed by atoms with E-state index in [0.717, 1.165) is 37.1 Å². The molecule has 0 atom stereocenters. The topological polar surface area (TPSA) is 58.0 Å². The molecule has 0 amide bonds. The summed E-state index contributed by atoms with van der Waals surface area (Å²) in [4.78, 5) is 8.83. The molecule has 1 fully saturated rings. The molecule has 0 radical (unpaired) electrons. The number of nitrogens with zero attached hydrogens (tertiary/aromatic N) is 2. The van der Waals surface area contributed by atoms with Crippen LogP contribution in [0.25, 0.3) is 11.4 Å². The molecule has 5 heteroatoms. The Kier molecular flexibility index (Phi) is 4.36. The van der Waals surface area contributed by atoms with Crippen molar-refractivity contribution in [2.45, 2.75) is 37.8 Å². The summed E-state index contributed by atoms with van der Waals surface area (Å²) >= 11 is 6.11. The minimum Gasteiger partial charge on any atom is -0.393 e. The van der Waals surface area contributed by atoms with Gasteiger partial charge in [0, 0.05) is 17.7 Å². The molecular formula is C16H18ClN3O. The van der Waals surface area contributed by atoms with Gasteiger partial charge in [-0.15, -0.1) is 0 Å². The normalized spacial score (nSPS) is 22.0. The van der Waals surface area contributed by atoms with Crippen LogP contribution < -0.4 is 5.32 Å². The monoisotopic (exact) mass is 303 g/mol. The fourth-order valence-electron chi connectivity index (χ4n) is 2.64. The number of nitrogens with one attached hydrogen (secondary N) is 1. The van der Waals surface area contributed by atoms with Crippen molar-refractivity contribution < 1.29 is 5.11 Å². The van der Waals surface area contributed by atoms with Gasteiger partial charge in [0.15, 0.2) is 5.82 Å². The van der Waals surface area contributed by atoms with Gasteiger partial charge in [0.1, 0.15) is 11.0 Å². The van der Waals surface area contributed by atoms with Gasteiger partial charge in [-0.2, -0.15) is 0 Å². The summed E-state index contributed by atoms with van der Waals surface area (Å²) in [6, 6.07) is 11.9. The lowest BCUT2D eigenvalue weighted by molar-refractivity contribution is 0.126. The number of aliphatic hydroxyl groups is 1. The molecular weight excluding hydrogens is 286 g/mol. The summed E-state index contributed by atoms with van der Waals surface area (Å²) in [5, 5.41) is 13.4. The van der Waals surface area contributed by atoms with Gasteiger partial charge in [-0.05, 0) is 25.7 Å². The number of aliphatic hydroxyl groups excluding tert-OH is 1. The summed E-state index contributed by atoms with van der Waals surface area (Å²) in [5.74, 6) is 1.37. The average molecular weight is 304 g/mol. The van der Waals surface area contributed by atoms with E-state index in [4.69, 9.17) is 11.6 Å². The van der Waals surface area contributed by atoms with Gasteiger partial charge in [0.05, 0.1) is 6.10 Å². The first-order valence-corrected chi connectivity index (χ1v) is 7.63. The first-order valence-electron chi connectivity index (χ1n) is 7.25. The third-order valence-corrected chi connectivity index (χ3v) is 3.97. The molecule has 0 bridgehead atoms. The summed E-state index contributed by atoms with van der Waals surface area (Å²) in [6.07, 6.45) is 3.41. The third-order valence-electron chi connectivity index (χ3n) is 3.78. The lowest BCUT2D eigenvalue weighted by atomic mass is 9.93. The molecule has 2 aromatic rings. The maximum atomic E-state index is 9.56. The van der Waals surface area contributed by atoms with Crippen molar-refractivity contribution in [3.8, 4) is 11.4 Å². The molecule has 0 aliphatic heterocycles. The van der Waals surface area contributed by atoms with Crippen LogP contribution in [-0.2, 0) is 0 Å². The molecule has 1 aromatic heterocycles. The highest BCUT2D eigenvalue weighted by atomic mass is 35.5. The molecule has 21 heavy (non-hydrogen) atoms. The van der Waals surface area contributed by atoms with Crippen molar-refractivity contribution in [1.82, 2.24) is 9.97 Å². The van der Waals surface area contributed by atoms with Crippen LogP contribution in [0.15, 0.2) is 36.4 Å². The molecule has 0 unspecified atom stereocenters. The second-order valence-electron chi connectivity index (χ2n) is 5.42. The Hall–Kier alpha value is -1.65. The molecule has 0 spiro atoms. The number of aromatic nitrogens is 2. The number of hydrogen-bond acceptors (Lipinski definition) is 4. The number of benzene rings is 1. The third kappa shape index (κ3) is 3.71. The molecule has 1 aromatic carbocycles. The fourth-order valence-corrected chi connectivity index (χ4v) is 2.82. The predicted molar refractivity (Wildman–Crippen MR) is 84.4 cm³/mol. The van der Waals surface area contributed by atoms with Crippen molar-refractivity contribution >= 4 is 17.4 Å². The lowest BCUT2D eigenvalue weighted by Crippen LogP contribution is -2.28. The SMILES string of the molecule is OC1CCC(Nc2cc(Cl)nc(-c3ccccc3)n2)CC1. The molecule has 1 aliphatic rings. The van der Waals surface area contributed by atoms with Gasteiger partial charge in [-0.3, -0.25) is 0 Å². The molecule has 1 aliphatic carbocycles. The lowest BCUT2D eigenvalue weighted by Gasteiger charge is -2.26. The second kappa shape index (κ2) is 6.41. The zero-order valence-electron chi connectivity index (χ0n) is 11.7. The van der Waals surface area contributed by atoms with E-state index in [-0.39, 0.29) is 6.10 Å². The van der Waals surface area contributed by atoms with Gasteiger partial charge in [0.25, 0.3) is 0 Å². The van der Waals surface area contributed by atoms with E-state index in [9.17, 15) is 5.11 Å². The fraction of sp³-hybridized carbons (Fsp3) is 0.375. The van der Waals surface area contributed by atoms with E-state index in [1.54, 1.807) is 6.07 Å². The zero-order chi connectivity index (χ0) is 14.7. The molecule has 4 nitrogen and oxygen atoms in total. The Bertz CT molecular complexity index is 598. The van der Waals surface area contributed by atoms with Crippen LogP contribution in [0, 0.1) is 0 Å². The number of halogens is 1. The summed E-state index contributed by atoms with van der Waals surface area (Å²) < 4.78 is 0. The number of hydrogen-bond donors (Lipinski definition) is 2. The van der Waals surface area contributed by atoms with E-state index in [2.05, 4.69) is 15.3 Å². The molecule has 1 saturated carbocycles. The Morgan fingerprint density at radius 3 is 2.48 bits per heavy atom. The van der Waals surface area contributed by atoms with Gasteiger partial charge >= 0.3 is 0 Å². The Morgan fingerprint density at radius 2 is 1.76 bits per heavy atom. The molecule has 0 saturated heterocycles. The summed E-state index contributed by atoms with van der Waals surface area (Å²) in [5.41, 5.74) is 0.946. The highest BCUT2D eigenvalue weighted by Crippen LogP contribution is 2.24. The highest BCUT2D eigenvalue weighted by molar-refractivity contribution is 6.29. The van der Waals surface area contributed by atoms with Crippen LogP contribution in [0.1, 0.15) is 25.7 Å². The van der Waals surface area contributed by atoms with Crippen LogP contribution >= 0.6 is 11.6 Å². The van der Waals surface area contributed by atoms with E-state index in [1.807, 2.05) is 30.3 Å². The van der Waals surface area contributed by atoms with Crippen LogP contribution in [0.2, 0.25) is 5.15 Å². The van der Waals surface area contributed by atoms with Gasteiger partial charge in [0.2, 0.25) is 0 Å². The van der Waals surface area contributed by atoms with Crippen LogP contribution in [0.3, 0.4) is 0 Å². The van der Waals surface area contributed by atoms with Crippen molar-refractivity contribution in [3.63, 3.8) is 0 Å². The Morgan fingerprint density at radius 1 is 1.05 bits per heavy atom. The maximum Gasteiger partial charge on any atom is 0.163 e. The first kappa shape index (κ1) is 14.3. The van der Waals surface area contributed by atoms with Gasteiger partial charge < -0.3 is 10.4 Å². The summed E-state index contributed by atoms with van der Waals surface area (Å²) in [7, 11) is 0. The van der Waals surface area contributed by atoms with E-state index in [0.29, 0.717) is 17.0 Å². The van der Waals surface area contributed by atoms with Crippen LogP contribution in [0.4, 0.5) is 5.82 Å². The standard InChI is InChI=1S/C16H18ClN3O/c17-14-10-15(18-12-6-8-13(21)9-7-12)20-16(19-14)11-4-2-1-3-5-11/h1-5,10,12-13,21H,6-9H2,(H,18,19,20). The van der Waals surface area contributed by atoms with Crippen molar-refractivity contribution in [3.05, 3.63) is 41.6 Å². The van der Waals surface area contributed by atoms with E-state index < -0.39 is 0 Å². The van der Waals surface area contributed by atoms with Gasteiger partial charge in [-0.1, -0.05) is 41.9 Å². The van der Waals surface area contributed by atoms with E-state index >= 15 is 0 Å². The predicted octanol–water partition coefficient (Wildman–Crippen LogP) is 3.51. The summed E-state index contributed by atoms with van der Waals surface area (Å²) in [6.45, 7) is 0. The van der Waals surface area contributed by atoms with Crippen molar-refractivity contribution in [2.24, 2.45) is 0 Å². The van der Waals surface area contributed by atoms with Gasteiger partial charge in [-0.25, -0.2) is 9.97 Å². The quantitative estimate of drug-likeness (QED) is 0.852. The number of rotatable bonds is 3. The Balaban J connectivity index is 1.78. The molecule has 2 N–H and O–H groups in total. The van der Waals surface area contributed by atoms with Crippen molar-refractivity contribution in [1.29, 1.82) is 0 Å². The van der Waals surface area contributed by atoms with Crippen LogP contribution in [-0.4, -0.2) is 27.2 Å². The smallest absolute Gasteiger partial charge is 0.163 e. The molecule has 3 rings (SSSR count). The van der Waals surface area contributed by atoms with E-state index in [1.165, 1.54) is 0 Å². The average Bonchev–Trinajstić information content (AvgIpc) is 2.50. The highest BCUT2D eigenvalue weighted by Gasteiger charge is 2.19. The van der Waals surface area contributed by atoms with Crippen molar-refractivity contribution in [2.75, 3.05) is 5.32 Å². The molecule has 110 valence electrons. The largest absolute Gasteiger partial charge is 0.393 e.